The van der Waals surface area contributed by atoms with E-state index in [0.717, 1.165) is 9.80 Å². The molecule has 3 aliphatic heterocycles. The van der Waals surface area contributed by atoms with Crippen molar-refractivity contribution in [3.05, 3.63) is 41.1 Å². The maximum Gasteiger partial charge on any atom is 0.352 e. The minimum atomic E-state index is -1.38. The van der Waals surface area contributed by atoms with Gasteiger partial charge < -0.3 is 25.7 Å². The summed E-state index contributed by atoms with van der Waals surface area (Å²) in [5, 5.41) is 23.5. The number of carboxylic acid groups (broad SMARTS) is 1. The lowest BCUT2D eigenvalue weighted by molar-refractivity contribution is -0.153. The summed E-state index contributed by atoms with van der Waals surface area (Å²) in [5.41, 5.74) is 0.664. The van der Waals surface area contributed by atoms with E-state index in [4.69, 9.17) is 0 Å². The lowest BCUT2D eigenvalue weighted by Crippen LogP contribution is -2.71. The number of benzene rings is 1. The van der Waals surface area contributed by atoms with Crippen LogP contribution in [0.4, 0.5) is 4.79 Å². The van der Waals surface area contributed by atoms with Crippen LogP contribution in [0.2, 0.25) is 0 Å². The van der Waals surface area contributed by atoms with Gasteiger partial charge in [-0.2, -0.15) is 0 Å². The van der Waals surface area contributed by atoms with Gasteiger partial charge in [0.25, 0.3) is 5.91 Å². The molecule has 2 saturated heterocycles. The Morgan fingerprint density at radius 3 is 2.41 bits per heavy atom. The molecule has 0 bridgehead atoms. The lowest BCUT2D eigenvalue weighted by Gasteiger charge is -2.49. The molecule has 4 rings (SSSR count). The van der Waals surface area contributed by atoms with Crippen LogP contribution in [0.15, 0.2) is 35.5 Å². The number of carbonyl (C=O) groups excluding carboxylic acids is 5. The van der Waals surface area contributed by atoms with Crippen LogP contribution < -0.4 is 10.6 Å². The number of hydrogen-bond donors (Lipinski definition) is 4. The van der Waals surface area contributed by atoms with Gasteiger partial charge in [-0.15, -0.1) is 11.8 Å². The summed E-state index contributed by atoms with van der Waals surface area (Å²) in [4.78, 5) is 78.5. The molecule has 1 aromatic rings. The number of carboxylic acids is 1. The molecule has 0 saturated carbocycles. The van der Waals surface area contributed by atoms with E-state index in [9.17, 15) is 39.0 Å². The minimum absolute atomic E-state index is 0.0629. The quantitative estimate of drug-likeness (QED) is 0.281. The number of hydrogen-bond acceptors (Lipinski definition) is 8. The number of β-lactam (4-membered cyclic amide) rings is 1. The number of carbonyl (C=O) groups is 6. The van der Waals surface area contributed by atoms with Gasteiger partial charge in [0.1, 0.15) is 28.9 Å². The summed E-state index contributed by atoms with van der Waals surface area (Å²) < 4.78 is 0. The van der Waals surface area contributed by atoms with Crippen molar-refractivity contribution in [2.24, 2.45) is 0 Å². The molecular formula is C23H25N5O8S. The van der Waals surface area contributed by atoms with Crippen molar-refractivity contribution in [1.82, 2.24) is 25.3 Å². The molecule has 196 valence electrons. The van der Waals surface area contributed by atoms with Crippen LogP contribution in [-0.4, -0.2) is 97.3 Å². The number of phenolic OH excluding ortho intramolecular Hbond substituents is 1. The number of urea groups is 1. The molecule has 0 spiro atoms. The lowest BCUT2D eigenvalue weighted by atomic mass is 10.0. The maximum absolute atomic E-state index is 13.3. The summed E-state index contributed by atoms with van der Waals surface area (Å²) in [6, 6.07) is 2.00. The first-order valence-corrected chi connectivity index (χ1v) is 12.5. The summed E-state index contributed by atoms with van der Waals surface area (Å²) >= 11 is 1.30. The molecule has 3 heterocycles. The van der Waals surface area contributed by atoms with E-state index in [0.29, 0.717) is 17.9 Å². The predicted molar refractivity (Wildman–Crippen MR) is 129 cm³/mol. The van der Waals surface area contributed by atoms with Crippen molar-refractivity contribution in [2.75, 3.05) is 25.4 Å². The summed E-state index contributed by atoms with van der Waals surface area (Å²) in [6.45, 7) is 3.72. The Balaban J connectivity index is 1.53. The number of rotatable bonds is 6. The van der Waals surface area contributed by atoms with Gasteiger partial charge in [0, 0.05) is 25.4 Å². The highest BCUT2D eigenvalue weighted by molar-refractivity contribution is 8.00. The van der Waals surface area contributed by atoms with Crippen LogP contribution in [0.3, 0.4) is 0 Å². The largest absolute Gasteiger partial charge is 0.508 e. The normalized spacial score (nSPS) is 22.3. The van der Waals surface area contributed by atoms with E-state index < -0.39 is 53.1 Å². The molecule has 1 aromatic carbocycles. The van der Waals surface area contributed by atoms with Crippen LogP contribution in [0.25, 0.3) is 0 Å². The van der Waals surface area contributed by atoms with Crippen molar-refractivity contribution in [3.8, 4) is 5.75 Å². The van der Waals surface area contributed by atoms with Crippen LogP contribution in [0.1, 0.15) is 25.5 Å². The molecular weight excluding hydrogens is 506 g/mol. The average Bonchev–Trinajstić information content (AvgIpc) is 2.87. The number of aliphatic carboxylic acids is 1. The fraction of sp³-hybridized carbons (Fsp3) is 0.391. The Labute approximate surface area is 215 Å². The second kappa shape index (κ2) is 10.1. The van der Waals surface area contributed by atoms with Gasteiger partial charge in [-0.1, -0.05) is 12.1 Å². The highest BCUT2D eigenvalue weighted by Crippen LogP contribution is 2.40. The number of amides is 6. The molecule has 6 amide bonds. The molecule has 0 aromatic heterocycles. The minimum Gasteiger partial charge on any atom is -0.508 e. The monoisotopic (exact) mass is 531 g/mol. The van der Waals surface area contributed by atoms with Crippen LogP contribution in [-0.2, 0) is 24.0 Å². The number of piperazine rings is 1. The molecule has 13 nitrogen and oxygen atoms in total. The van der Waals surface area contributed by atoms with Crippen molar-refractivity contribution < 1.29 is 39.0 Å². The van der Waals surface area contributed by atoms with E-state index in [1.807, 2.05) is 0 Å². The zero-order chi connectivity index (χ0) is 27.0. The summed E-state index contributed by atoms with van der Waals surface area (Å²) in [7, 11) is 0. The number of thioether (sulfide) groups is 1. The number of fused-ring (bicyclic) bond motifs is 1. The van der Waals surface area contributed by atoms with E-state index in [-0.39, 0.29) is 30.1 Å². The van der Waals surface area contributed by atoms with Gasteiger partial charge in [0.05, 0.1) is 0 Å². The molecule has 37 heavy (non-hydrogen) atoms. The van der Waals surface area contributed by atoms with Crippen LogP contribution >= 0.6 is 11.8 Å². The molecule has 3 aliphatic rings. The Morgan fingerprint density at radius 1 is 1.11 bits per heavy atom. The SMILES string of the molecule is CCN1CCN(C(=O)N[C@H](C(=O)N[C@@H]2C(=O)N3C(C(=O)O)=C(C)CS[C@H]23)c2ccc(O)cc2)C(=O)C1=O. The predicted octanol–water partition coefficient (Wildman–Crippen LogP) is -0.408. The second-order valence-electron chi connectivity index (χ2n) is 8.65. The van der Waals surface area contributed by atoms with Gasteiger partial charge in [0.2, 0.25) is 5.91 Å². The zero-order valence-corrected chi connectivity index (χ0v) is 20.8. The molecule has 4 N–H and O–H groups in total. The van der Waals surface area contributed by atoms with Gasteiger partial charge in [-0.25, -0.2) is 9.59 Å². The van der Waals surface area contributed by atoms with Crippen molar-refractivity contribution in [3.63, 3.8) is 0 Å². The molecule has 3 atom stereocenters. The fourth-order valence-electron chi connectivity index (χ4n) is 4.35. The van der Waals surface area contributed by atoms with E-state index in [2.05, 4.69) is 10.6 Å². The van der Waals surface area contributed by atoms with Gasteiger partial charge in [-0.3, -0.25) is 29.0 Å². The van der Waals surface area contributed by atoms with Crippen LogP contribution in [0.5, 0.6) is 5.75 Å². The highest BCUT2D eigenvalue weighted by Gasteiger charge is 2.54. The number of likely N-dealkylation sites (N-methyl/N-ethyl adjacent to an activating group) is 1. The van der Waals surface area contributed by atoms with Crippen LogP contribution in [0, 0.1) is 0 Å². The van der Waals surface area contributed by atoms with Gasteiger partial charge >= 0.3 is 23.8 Å². The number of imide groups is 1. The van der Waals surface area contributed by atoms with Crippen molar-refractivity contribution in [2.45, 2.75) is 31.3 Å². The Hall–Kier alpha value is -4.07. The first-order valence-electron chi connectivity index (χ1n) is 11.4. The van der Waals surface area contributed by atoms with E-state index >= 15 is 0 Å². The zero-order valence-electron chi connectivity index (χ0n) is 20.0. The third kappa shape index (κ3) is 4.71. The Morgan fingerprint density at radius 2 is 1.78 bits per heavy atom. The highest BCUT2D eigenvalue weighted by atomic mass is 32.2. The fourth-order valence-corrected chi connectivity index (χ4v) is 5.64. The number of phenols is 1. The number of aromatic hydroxyl groups is 1. The smallest absolute Gasteiger partial charge is 0.352 e. The standard InChI is InChI=1S/C23H25N5O8S/c1-3-26-8-9-27(20(33)19(26)32)23(36)25-14(12-4-6-13(29)7-5-12)17(30)24-15-18(31)28-16(22(34)35)11(2)10-37-21(15)28/h4-7,14-15,21,29H,3,8-10H2,1-2H3,(H,24,30)(H,25,36)(H,34,35)/t14-,15+,21+/m0/s1. The average molecular weight is 532 g/mol. The third-order valence-corrected chi connectivity index (χ3v) is 7.78. The van der Waals surface area contributed by atoms with Gasteiger partial charge in [-0.05, 0) is 37.1 Å². The van der Waals surface area contributed by atoms with Gasteiger partial charge in [0.15, 0.2) is 0 Å². The molecule has 0 unspecified atom stereocenters. The first-order chi connectivity index (χ1) is 17.5. The first kappa shape index (κ1) is 26.0. The summed E-state index contributed by atoms with van der Waals surface area (Å²) in [6.07, 6.45) is 0. The maximum atomic E-state index is 13.3. The topological polar surface area (TPSA) is 177 Å². The van der Waals surface area contributed by atoms with E-state index in [1.165, 1.54) is 40.9 Å². The molecule has 0 aliphatic carbocycles. The third-order valence-electron chi connectivity index (χ3n) is 6.35. The Kier molecular flexibility index (Phi) is 7.12. The van der Waals surface area contributed by atoms with Crippen molar-refractivity contribution >= 4 is 47.4 Å². The van der Waals surface area contributed by atoms with E-state index in [1.54, 1.807) is 13.8 Å². The molecule has 0 radical (unpaired) electrons. The summed E-state index contributed by atoms with van der Waals surface area (Å²) in [5.74, 6) is -4.21. The Bertz CT molecular complexity index is 1220. The van der Waals surface area contributed by atoms with Crippen molar-refractivity contribution in [1.29, 1.82) is 0 Å². The number of nitrogens with zero attached hydrogens (tertiary/aromatic N) is 3. The molecule has 14 heteroatoms. The molecule has 2 fully saturated rings. The second-order valence-corrected chi connectivity index (χ2v) is 9.75. The number of nitrogens with one attached hydrogen (secondary N) is 2.